The number of hydrogen-bond donors (Lipinski definition) is 0. The Morgan fingerprint density at radius 2 is 1.46 bits per heavy atom. The summed E-state index contributed by atoms with van der Waals surface area (Å²) < 4.78 is 2.44. The van der Waals surface area contributed by atoms with Gasteiger partial charge in [0.25, 0.3) is 0 Å². The number of fused-ring (bicyclic) bond motifs is 1. The average molecular weight is 348 g/mol. The van der Waals surface area contributed by atoms with Crippen LogP contribution in [0.15, 0.2) is 54.6 Å². The maximum Gasteiger partial charge on any atom is 0.127 e. The molecule has 4 heteroatoms. The Kier molecular flexibility index (Phi) is 4.79. The van der Waals surface area contributed by atoms with Crippen LogP contribution in [-0.4, -0.2) is 52.6 Å². The first-order valence-corrected chi connectivity index (χ1v) is 9.59. The van der Waals surface area contributed by atoms with Gasteiger partial charge in [0.1, 0.15) is 5.82 Å². The van der Waals surface area contributed by atoms with Crippen LogP contribution in [0.5, 0.6) is 0 Å². The number of nitrogens with zero attached hydrogens (tertiary/aromatic N) is 4. The summed E-state index contributed by atoms with van der Waals surface area (Å²) >= 11 is 0. The molecule has 1 aliphatic heterocycles. The lowest BCUT2D eigenvalue weighted by Gasteiger charge is -2.36. The first kappa shape index (κ1) is 17.3. The number of rotatable bonds is 4. The molecule has 136 valence electrons. The molecule has 0 N–H and O–H groups in total. The molecule has 1 saturated heterocycles. The lowest BCUT2D eigenvalue weighted by molar-refractivity contribution is 0.113. The zero-order chi connectivity index (χ0) is 18.1. The van der Waals surface area contributed by atoms with Crippen LogP contribution in [0.25, 0.3) is 11.0 Å². The van der Waals surface area contributed by atoms with Crippen molar-refractivity contribution in [2.75, 3.05) is 33.2 Å². The molecule has 0 saturated carbocycles. The number of imidazole rings is 1. The van der Waals surface area contributed by atoms with Gasteiger partial charge >= 0.3 is 0 Å². The van der Waals surface area contributed by atoms with Gasteiger partial charge in [0.05, 0.1) is 23.1 Å². The fourth-order valence-electron chi connectivity index (χ4n) is 4.02. The number of aromatic nitrogens is 2. The summed E-state index contributed by atoms with van der Waals surface area (Å²) in [6, 6.07) is 19.8. The molecule has 0 aliphatic carbocycles. The van der Waals surface area contributed by atoms with Gasteiger partial charge in [0.2, 0.25) is 0 Å². The summed E-state index contributed by atoms with van der Waals surface area (Å²) in [5.41, 5.74) is 3.63. The molecule has 1 aliphatic rings. The molecule has 2 unspecified atom stereocenters. The molecule has 2 atom stereocenters. The molecular formula is C22H28N4. The molecule has 0 spiro atoms. The third kappa shape index (κ3) is 3.15. The van der Waals surface area contributed by atoms with Crippen LogP contribution in [-0.2, 0) is 0 Å². The first-order valence-electron chi connectivity index (χ1n) is 9.59. The quantitative estimate of drug-likeness (QED) is 0.713. The van der Waals surface area contributed by atoms with E-state index in [4.69, 9.17) is 4.98 Å². The second-order valence-electron chi connectivity index (χ2n) is 7.43. The van der Waals surface area contributed by atoms with Crippen molar-refractivity contribution in [1.29, 1.82) is 0 Å². The molecule has 0 bridgehead atoms. The van der Waals surface area contributed by atoms with Gasteiger partial charge in [-0.2, -0.15) is 0 Å². The smallest absolute Gasteiger partial charge is 0.127 e. The lowest BCUT2D eigenvalue weighted by atomic mass is 10.1. The second kappa shape index (κ2) is 7.22. The average Bonchev–Trinajstić information content (AvgIpc) is 3.07. The Labute approximate surface area is 156 Å². The molecule has 4 nitrogen and oxygen atoms in total. The summed E-state index contributed by atoms with van der Waals surface area (Å²) in [6.07, 6.45) is 0. The minimum absolute atomic E-state index is 0.258. The zero-order valence-electron chi connectivity index (χ0n) is 16.0. The first-order chi connectivity index (χ1) is 12.6. The molecule has 2 heterocycles. The van der Waals surface area contributed by atoms with E-state index in [1.807, 2.05) is 0 Å². The molecule has 4 rings (SSSR count). The minimum atomic E-state index is 0.258. The lowest BCUT2D eigenvalue weighted by Crippen LogP contribution is -2.45. The number of piperazine rings is 1. The van der Waals surface area contributed by atoms with Crippen LogP contribution in [0, 0.1) is 0 Å². The van der Waals surface area contributed by atoms with Crippen molar-refractivity contribution in [3.05, 3.63) is 66.0 Å². The molecule has 0 radical (unpaired) electrons. The summed E-state index contributed by atoms with van der Waals surface area (Å²) in [7, 11) is 2.20. The van der Waals surface area contributed by atoms with Crippen molar-refractivity contribution in [1.82, 2.24) is 19.4 Å². The predicted octanol–water partition coefficient (Wildman–Crippen LogP) is 3.95. The van der Waals surface area contributed by atoms with Gasteiger partial charge in [-0.15, -0.1) is 0 Å². The van der Waals surface area contributed by atoms with Gasteiger partial charge in [0.15, 0.2) is 0 Å². The Hall–Kier alpha value is -2.17. The normalized spacial score (nSPS) is 18.9. The Bertz CT molecular complexity index is 862. The van der Waals surface area contributed by atoms with Gasteiger partial charge in [0, 0.05) is 26.2 Å². The standard InChI is InChI=1S/C22H28N4/c1-17(19-9-5-4-6-10-19)26-21-12-8-7-11-20(21)23-22(26)18(2)25-15-13-24(3)14-16-25/h4-12,17-18H,13-16H2,1-3H3. The predicted molar refractivity (Wildman–Crippen MR) is 107 cm³/mol. The fraction of sp³-hybridized carbons (Fsp3) is 0.409. The largest absolute Gasteiger partial charge is 0.319 e. The summed E-state index contributed by atoms with van der Waals surface area (Å²) in [4.78, 5) is 10.0. The van der Waals surface area contributed by atoms with Crippen LogP contribution < -0.4 is 0 Å². The summed E-state index contributed by atoms with van der Waals surface area (Å²) in [5, 5.41) is 0. The van der Waals surface area contributed by atoms with E-state index >= 15 is 0 Å². The van der Waals surface area contributed by atoms with Crippen LogP contribution in [0.4, 0.5) is 0 Å². The molecule has 1 aromatic heterocycles. The van der Waals surface area contributed by atoms with E-state index in [-0.39, 0.29) is 6.04 Å². The van der Waals surface area contributed by atoms with Crippen LogP contribution >= 0.6 is 0 Å². The van der Waals surface area contributed by atoms with E-state index in [0.29, 0.717) is 6.04 Å². The fourth-order valence-corrected chi connectivity index (χ4v) is 4.02. The highest BCUT2D eigenvalue weighted by atomic mass is 15.3. The SMILES string of the molecule is CC(c1nc2ccccc2n1C(C)c1ccccc1)N1CCN(C)CC1. The van der Waals surface area contributed by atoms with Crippen LogP contribution in [0.2, 0.25) is 0 Å². The maximum atomic E-state index is 5.06. The van der Waals surface area contributed by atoms with Gasteiger partial charge in [-0.05, 0) is 38.6 Å². The Balaban J connectivity index is 1.77. The van der Waals surface area contributed by atoms with E-state index in [0.717, 1.165) is 31.7 Å². The molecule has 0 amide bonds. The topological polar surface area (TPSA) is 24.3 Å². The van der Waals surface area contributed by atoms with Crippen molar-refractivity contribution < 1.29 is 0 Å². The van der Waals surface area contributed by atoms with Crippen LogP contribution in [0.1, 0.15) is 37.3 Å². The number of benzene rings is 2. The third-order valence-corrected chi connectivity index (χ3v) is 5.75. The summed E-state index contributed by atoms with van der Waals surface area (Å²) in [5.74, 6) is 1.17. The Morgan fingerprint density at radius 1 is 0.808 bits per heavy atom. The van der Waals surface area contributed by atoms with Gasteiger partial charge in [-0.25, -0.2) is 4.98 Å². The minimum Gasteiger partial charge on any atom is -0.319 e. The van der Waals surface area contributed by atoms with E-state index < -0.39 is 0 Å². The zero-order valence-corrected chi connectivity index (χ0v) is 16.0. The van der Waals surface area contributed by atoms with Gasteiger partial charge in [-0.3, -0.25) is 4.90 Å². The second-order valence-corrected chi connectivity index (χ2v) is 7.43. The monoisotopic (exact) mass is 348 g/mol. The highest BCUT2D eigenvalue weighted by Gasteiger charge is 2.26. The van der Waals surface area contributed by atoms with E-state index in [2.05, 4.69) is 89.9 Å². The number of hydrogen-bond acceptors (Lipinski definition) is 3. The molecule has 1 fully saturated rings. The van der Waals surface area contributed by atoms with Crippen molar-refractivity contribution in [3.63, 3.8) is 0 Å². The van der Waals surface area contributed by atoms with Crippen molar-refractivity contribution in [2.24, 2.45) is 0 Å². The number of para-hydroxylation sites is 2. The van der Waals surface area contributed by atoms with Crippen molar-refractivity contribution in [2.45, 2.75) is 25.9 Å². The van der Waals surface area contributed by atoms with Crippen molar-refractivity contribution in [3.8, 4) is 0 Å². The number of likely N-dealkylation sites (N-methyl/N-ethyl adjacent to an activating group) is 1. The van der Waals surface area contributed by atoms with E-state index in [9.17, 15) is 0 Å². The van der Waals surface area contributed by atoms with Crippen LogP contribution in [0.3, 0.4) is 0 Å². The highest BCUT2D eigenvalue weighted by molar-refractivity contribution is 5.76. The summed E-state index contributed by atoms with van der Waals surface area (Å²) in [6.45, 7) is 9.03. The maximum absolute atomic E-state index is 5.06. The molecule has 26 heavy (non-hydrogen) atoms. The third-order valence-electron chi connectivity index (χ3n) is 5.75. The highest BCUT2D eigenvalue weighted by Crippen LogP contribution is 2.31. The van der Waals surface area contributed by atoms with Crippen molar-refractivity contribution >= 4 is 11.0 Å². The Morgan fingerprint density at radius 3 is 2.19 bits per heavy atom. The molecule has 3 aromatic rings. The van der Waals surface area contributed by atoms with Gasteiger partial charge < -0.3 is 9.47 Å². The van der Waals surface area contributed by atoms with E-state index in [1.54, 1.807) is 0 Å². The molecule has 2 aromatic carbocycles. The molecular weight excluding hydrogens is 320 g/mol. The van der Waals surface area contributed by atoms with E-state index in [1.165, 1.54) is 16.9 Å². The van der Waals surface area contributed by atoms with Gasteiger partial charge in [-0.1, -0.05) is 42.5 Å².